The summed E-state index contributed by atoms with van der Waals surface area (Å²) >= 11 is 0. The molecule has 0 bridgehead atoms. The highest BCUT2D eigenvalue weighted by Gasteiger charge is 2.23. The van der Waals surface area contributed by atoms with Crippen LogP contribution in [-0.2, 0) is 18.0 Å². The third kappa shape index (κ3) is 4.62. The molecular weight excluding hydrogens is 456 g/mol. The fourth-order valence-electron chi connectivity index (χ4n) is 4.42. The lowest BCUT2D eigenvalue weighted by molar-refractivity contribution is 0.0436. The van der Waals surface area contributed by atoms with Crippen molar-refractivity contribution in [3.8, 4) is 5.75 Å². The highest BCUT2D eigenvalue weighted by atomic mass is 16.5. The minimum absolute atomic E-state index is 0.0816. The maximum Gasteiger partial charge on any atom is 0.375 e. The van der Waals surface area contributed by atoms with E-state index in [1.165, 1.54) is 6.07 Å². The van der Waals surface area contributed by atoms with Crippen molar-refractivity contribution in [2.24, 2.45) is 0 Å². The van der Waals surface area contributed by atoms with Crippen LogP contribution in [0.15, 0.2) is 86.4 Å². The second-order valence-corrected chi connectivity index (χ2v) is 9.03. The zero-order valence-corrected chi connectivity index (χ0v) is 20.4. The van der Waals surface area contributed by atoms with Crippen LogP contribution in [0.4, 0.5) is 0 Å². The Balaban J connectivity index is 1.45. The van der Waals surface area contributed by atoms with Gasteiger partial charge in [0.15, 0.2) is 0 Å². The predicted molar refractivity (Wildman–Crippen MR) is 137 cm³/mol. The summed E-state index contributed by atoms with van der Waals surface area (Å²) in [5, 5.41) is 1.53. The van der Waals surface area contributed by atoms with E-state index in [9.17, 15) is 9.59 Å². The summed E-state index contributed by atoms with van der Waals surface area (Å²) in [4.78, 5) is 25.4. The molecule has 0 aliphatic carbocycles. The fourth-order valence-corrected chi connectivity index (χ4v) is 4.42. The van der Waals surface area contributed by atoms with Crippen molar-refractivity contribution in [3.63, 3.8) is 0 Å². The first-order valence-electron chi connectivity index (χ1n) is 11.8. The van der Waals surface area contributed by atoms with Crippen molar-refractivity contribution in [2.75, 3.05) is 0 Å². The molecule has 36 heavy (non-hydrogen) atoms. The third-order valence-corrected chi connectivity index (χ3v) is 6.21. The van der Waals surface area contributed by atoms with Crippen LogP contribution in [0.3, 0.4) is 0 Å². The molecule has 0 saturated heterocycles. The molecule has 3 aromatic carbocycles. The molecule has 2 heterocycles. The molecule has 2 aromatic heterocycles. The Labute approximate surface area is 208 Å². The number of benzene rings is 3. The number of ether oxygens (including phenoxy) is 2. The van der Waals surface area contributed by atoms with Crippen LogP contribution in [0.2, 0.25) is 0 Å². The van der Waals surface area contributed by atoms with Crippen LogP contribution in [0.1, 0.15) is 52.6 Å². The Hall–Kier alpha value is -4.32. The van der Waals surface area contributed by atoms with Crippen LogP contribution >= 0.6 is 0 Å². The SMILES string of the molecule is Cc1cc2oc(=O)cc(COC(=O)c3oc4ccccc4c3COc3ccccc3)c2cc1C(C)C. The molecule has 182 valence electrons. The van der Waals surface area contributed by atoms with Crippen LogP contribution in [0.25, 0.3) is 21.9 Å². The lowest BCUT2D eigenvalue weighted by Gasteiger charge is -2.13. The smallest absolute Gasteiger partial charge is 0.375 e. The molecule has 6 heteroatoms. The van der Waals surface area contributed by atoms with E-state index in [-0.39, 0.29) is 19.0 Å². The molecule has 0 unspecified atom stereocenters. The molecule has 0 amide bonds. The predicted octanol–water partition coefficient (Wildman–Crippen LogP) is 6.91. The van der Waals surface area contributed by atoms with E-state index >= 15 is 0 Å². The molecule has 0 radical (unpaired) electrons. The van der Waals surface area contributed by atoms with Gasteiger partial charge in [-0.3, -0.25) is 0 Å². The van der Waals surface area contributed by atoms with E-state index in [2.05, 4.69) is 13.8 Å². The number of esters is 1. The molecule has 0 aliphatic heterocycles. The number of rotatable bonds is 7. The van der Waals surface area contributed by atoms with Crippen LogP contribution < -0.4 is 10.4 Å². The van der Waals surface area contributed by atoms with Crippen LogP contribution in [0.5, 0.6) is 5.75 Å². The number of furan rings is 1. The summed E-state index contributed by atoms with van der Waals surface area (Å²) in [6, 6.07) is 22.0. The van der Waals surface area contributed by atoms with Crippen molar-refractivity contribution in [3.05, 3.63) is 111 Å². The maximum absolute atomic E-state index is 13.2. The fraction of sp³-hybridized carbons (Fsp3) is 0.200. The topological polar surface area (TPSA) is 78.9 Å². The average molecular weight is 483 g/mol. The molecular formula is C30H26O6. The van der Waals surface area contributed by atoms with Gasteiger partial charge in [0, 0.05) is 22.4 Å². The normalized spacial score (nSPS) is 11.3. The van der Waals surface area contributed by atoms with Crippen molar-refractivity contribution in [1.29, 1.82) is 0 Å². The zero-order valence-electron chi connectivity index (χ0n) is 20.4. The number of hydrogen-bond donors (Lipinski definition) is 0. The molecule has 0 spiro atoms. The first-order chi connectivity index (χ1) is 17.4. The average Bonchev–Trinajstić information content (AvgIpc) is 3.24. The Morgan fingerprint density at radius 3 is 2.39 bits per heavy atom. The minimum atomic E-state index is -0.629. The molecule has 5 aromatic rings. The quantitative estimate of drug-likeness (QED) is 0.185. The summed E-state index contributed by atoms with van der Waals surface area (Å²) < 4.78 is 22.9. The van der Waals surface area contributed by atoms with Crippen molar-refractivity contribution < 1.29 is 23.1 Å². The summed E-state index contributed by atoms with van der Waals surface area (Å²) in [7, 11) is 0. The highest BCUT2D eigenvalue weighted by molar-refractivity contribution is 5.96. The van der Waals surface area contributed by atoms with E-state index < -0.39 is 11.6 Å². The van der Waals surface area contributed by atoms with Gasteiger partial charge in [0.25, 0.3) is 0 Å². The second-order valence-electron chi connectivity index (χ2n) is 9.03. The standard InChI is InChI=1S/C30H26O6/c1-18(2)23-15-24-20(14-28(31)35-27(24)13-19(23)3)16-34-30(32)29-25(17-33-21-9-5-4-6-10-21)22-11-7-8-12-26(22)36-29/h4-15,18H,16-17H2,1-3H3. The maximum atomic E-state index is 13.2. The largest absolute Gasteiger partial charge is 0.489 e. The van der Waals surface area contributed by atoms with Crippen molar-refractivity contribution >= 4 is 27.9 Å². The van der Waals surface area contributed by atoms with E-state index in [1.54, 1.807) is 6.07 Å². The Bertz CT molecular complexity index is 1610. The molecule has 0 aliphatic rings. The van der Waals surface area contributed by atoms with Gasteiger partial charge in [-0.1, -0.05) is 50.2 Å². The summed E-state index contributed by atoms with van der Waals surface area (Å²) in [6.45, 7) is 6.24. The first-order valence-corrected chi connectivity index (χ1v) is 11.8. The first kappa shape index (κ1) is 23.4. The summed E-state index contributed by atoms with van der Waals surface area (Å²) in [6.07, 6.45) is 0. The number of para-hydroxylation sites is 2. The number of carbonyl (C=O) groups excluding carboxylic acids is 1. The Morgan fingerprint density at radius 2 is 1.61 bits per heavy atom. The van der Waals surface area contributed by atoms with E-state index in [4.69, 9.17) is 18.3 Å². The third-order valence-electron chi connectivity index (χ3n) is 6.21. The van der Waals surface area contributed by atoms with Gasteiger partial charge >= 0.3 is 11.6 Å². The molecule has 0 atom stereocenters. The summed E-state index contributed by atoms with van der Waals surface area (Å²) in [5.74, 6) is 0.425. The molecule has 5 rings (SSSR count). The second kappa shape index (κ2) is 9.74. The molecule has 0 N–H and O–H groups in total. The number of hydrogen-bond acceptors (Lipinski definition) is 6. The van der Waals surface area contributed by atoms with Gasteiger partial charge in [-0.2, -0.15) is 0 Å². The van der Waals surface area contributed by atoms with Crippen LogP contribution in [-0.4, -0.2) is 5.97 Å². The molecule has 0 saturated carbocycles. The number of fused-ring (bicyclic) bond motifs is 2. The Morgan fingerprint density at radius 1 is 0.861 bits per heavy atom. The van der Waals surface area contributed by atoms with Gasteiger partial charge in [0.2, 0.25) is 5.76 Å². The van der Waals surface area contributed by atoms with Gasteiger partial charge < -0.3 is 18.3 Å². The zero-order chi connectivity index (χ0) is 25.2. The van der Waals surface area contributed by atoms with E-state index in [0.717, 1.165) is 21.9 Å². The highest BCUT2D eigenvalue weighted by Crippen LogP contribution is 2.30. The van der Waals surface area contributed by atoms with Gasteiger partial charge in [0.1, 0.15) is 30.1 Å². The Kier molecular flexibility index (Phi) is 6.34. The van der Waals surface area contributed by atoms with Gasteiger partial charge in [0.05, 0.1) is 5.56 Å². The number of carbonyl (C=O) groups is 1. The lowest BCUT2D eigenvalue weighted by Crippen LogP contribution is -2.10. The van der Waals surface area contributed by atoms with Gasteiger partial charge in [-0.25, -0.2) is 9.59 Å². The summed E-state index contributed by atoms with van der Waals surface area (Å²) in [5.41, 5.74) is 3.91. The monoisotopic (exact) mass is 482 g/mol. The van der Waals surface area contributed by atoms with E-state index in [0.29, 0.717) is 34.0 Å². The molecule has 0 fully saturated rings. The van der Waals surface area contributed by atoms with Gasteiger partial charge in [-0.15, -0.1) is 0 Å². The van der Waals surface area contributed by atoms with E-state index in [1.807, 2.05) is 67.6 Å². The molecule has 6 nitrogen and oxygen atoms in total. The lowest BCUT2D eigenvalue weighted by atomic mass is 9.95. The minimum Gasteiger partial charge on any atom is -0.489 e. The van der Waals surface area contributed by atoms with Crippen molar-refractivity contribution in [1.82, 2.24) is 0 Å². The van der Waals surface area contributed by atoms with Crippen LogP contribution in [0, 0.1) is 6.92 Å². The number of aryl methyl sites for hydroxylation is 1. The van der Waals surface area contributed by atoms with Crippen molar-refractivity contribution in [2.45, 2.75) is 39.9 Å². The van der Waals surface area contributed by atoms with Gasteiger partial charge in [-0.05, 0) is 54.3 Å².